The molecule has 0 unspecified atom stereocenters. The van der Waals surface area contributed by atoms with Crippen LogP contribution in [0.25, 0.3) is 0 Å². The second-order valence-electron chi connectivity index (χ2n) is 1.88. The minimum absolute atomic E-state index is 0. The van der Waals surface area contributed by atoms with E-state index in [4.69, 9.17) is 0 Å². The zero-order valence-electron chi connectivity index (χ0n) is 7.74. The van der Waals surface area contributed by atoms with E-state index in [9.17, 15) is 30.0 Å². The fraction of sp³-hybridized carbons (Fsp3) is 0.750. The van der Waals surface area contributed by atoms with Crippen LogP contribution in [0.2, 0.25) is 0 Å². The average molecular weight is 240 g/mol. The van der Waals surface area contributed by atoms with Crippen molar-refractivity contribution < 1.29 is 53.6 Å². The van der Waals surface area contributed by atoms with E-state index < -0.39 is 7.81 Å². The molecule has 0 saturated carbocycles. The van der Waals surface area contributed by atoms with Crippen LogP contribution in [0.4, 0.5) is 25.2 Å². The smallest absolute Gasteiger partial charge is 1.00 e. The summed E-state index contributed by atoms with van der Waals surface area (Å²) in [6, 6.07) is 0. The fourth-order valence-electron chi connectivity index (χ4n) is 0.203. The van der Waals surface area contributed by atoms with Crippen LogP contribution in [0, 0.1) is 0 Å². The van der Waals surface area contributed by atoms with Gasteiger partial charge >= 0.3 is 57.8 Å². The summed E-state index contributed by atoms with van der Waals surface area (Å²) in [7, 11) is -10.7. The Morgan fingerprint density at radius 1 is 1.14 bits per heavy atom. The molecule has 0 bridgehead atoms. The van der Waals surface area contributed by atoms with Gasteiger partial charge < -0.3 is 4.74 Å². The summed E-state index contributed by atoms with van der Waals surface area (Å²) in [5, 5.41) is 0. The molecule has 10 heteroatoms. The predicted octanol–water partition coefficient (Wildman–Crippen LogP) is 0.956. The van der Waals surface area contributed by atoms with E-state index >= 15 is 0 Å². The summed E-state index contributed by atoms with van der Waals surface area (Å²) in [6.07, 6.45) is 0. The zero-order chi connectivity index (χ0) is 11.4. The molecule has 0 aromatic rings. The molecule has 0 aromatic heterocycles. The molecule has 0 heterocycles. The maximum atomic E-state index is 9.87. The molecule has 0 aliphatic carbocycles. The van der Waals surface area contributed by atoms with Gasteiger partial charge in [-0.25, -0.2) is 0 Å². The first kappa shape index (κ1) is 19.6. The van der Waals surface area contributed by atoms with Gasteiger partial charge in [-0.15, -0.1) is 0 Å². The van der Waals surface area contributed by atoms with Crippen LogP contribution in [-0.2, 0) is 9.53 Å². The Balaban J connectivity index is -0.000000163. The average Bonchev–Trinajstić information content (AvgIpc) is 1.53. The summed E-state index contributed by atoms with van der Waals surface area (Å²) in [5.41, 5.74) is 0. The van der Waals surface area contributed by atoms with Crippen molar-refractivity contribution in [2.45, 2.75) is 13.8 Å². The van der Waals surface area contributed by atoms with E-state index in [-0.39, 0.29) is 24.8 Å². The molecule has 0 atom stereocenters. The van der Waals surface area contributed by atoms with Crippen molar-refractivity contribution in [3.8, 4) is 0 Å². The number of hydrogen-bond donors (Lipinski definition) is 0. The summed E-state index contributed by atoms with van der Waals surface area (Å²) in [4.78, 5) is 9.82. The van der Waals surface area contributed by atoms with Gasteiger partial charge in [0.05, 0.1) is 6.61 Å². The Morgan fingerprint density at radius 3 is 1.36 bits per heavy atom. The number of ether oxygens (including phenoxy) is 1. The van der Waals surface area contributed by atoms with Crippen LogP contribution in [0.3, 0.4) is 0 Å². The first-order chi connectivity index (χ1) is 5.22. The molecule has 0 spiro atoms. The zero-order valence-corrected chi connectivity index (χ0v) is 8.63. The topological polar surface area (TPSA) is 26.3 Å². The second kappa shape index (κ2) is 4.73. The number of carbonyl (C=O) groups excluding carboxylic acids is 1. The van der Waals surface area contributed by atoms with Gasteiger partial charge in [0.1, 0.15) is 0 Å². The largest absolute Gasteiger partial charge is 1.00 e. The van der Waals surface area contributed by atoms with Crippen LogP contribution in [0.15, 0.2) is 0 Å². The summed E-state index contributed by atoms with van der Waals surface area (Å²) >= 11 is 0. The van der Waals surface area contributed by atoms with E-state index in [1.54, 1.807) is 6.92 Å². The van der Waals surface area contributed by atoms with Gasteiger partial charge in [-0.05, 0) is 6.92 Å². The van der Waals surface area contributed by atoms with E-state index in [1.807, 2.05) is 0 Å². The molecule has 0 aliphatic rings. The summed E-state index contributed by atoms with van der Waals surface area (Å²) in [5.74, 6) is -0.211. The third-order valence-corrected chi connectivity index (χ3v) is 0.348. The minimum Gasteiger partial charge on any atom is 1.00 e. The number of rotatable bonds is 1. The molecule has 0 aliphatic heterocycles. The maximum Gasteiger partial charge on any atom is 1.00 e. The summed E-state index contributed by atoms with van der Waals surface area (Å²) in [6.45, 7) is 3.65. The molecule has 2 nitrogen and oxygen atoms in total. The van der Waals surface area contributed by atoms with E-state index in [1.165, 1.54) is 6.92 Å². The second-order valence-corrected chi connectivity index (χ2v) is 3.80. The Bertz CT molecular complexity index is 173. The van der Waals surface area contributed by atoms with E-state index in [0.717, 1.165) is 0 Å². The van der Waals surface area contributed by atoms with E-state index in [0.29, 0.717) is 6.61 Å². The normalized spacial score (nSPS) is 14.9. The van der Waals surface area contributed by atoms with Crippen LogP contribution >= 0.6 is 7.81 Å². The Kier molecular flexibility index (Phi) is 6.63. The molecule has 0 N–H and O–H groups in total. The Morgan fingerprint density at radius 2 is 1.36 bits per heavy atom. The molecule has 0 amide bonds. The molecule has 0 fully saturated rings. The van der Waals surface area contributed by atoms with Gasteiger partial charge in [-0.2, -0.15) is 0 Å². The standard InChI is InChI=1S/C4H8O2.F6P.Li/c1-3-6-4(2)5;1-7(2,3,4,5)6;/h3H2,1-2H3;;/q;-1;+1. The van der Waals surface area contributed by atoms with E-state index in [2.05, 4.69) is 4.74 Å². The van der Waals surface area contributed by atoms with Crippen LogP contribution < -0.4 is 18.9 Å². The SMILES string of the molecule is CCOC(C)=O.F[P-](F)(F)(F)(F)F.[Li+]. The molecular weight excluding hydrogens is 232 g/mol. The van der Waals surface area contributed by atoms with Crippen LogP contribution in [0.1, 0.15) is 13.8 Å². The van der Waals surface area contributed by atoms with Gasteiger partial charge in [0.25, 0.3) is 0 Å². The number of hydrogen-bond acceptors (Lipinski definition) is 2. The molecule has 14 heavy (non-hydrogen) atoms. The van der Waals surface area contributed by atoms with Crippen molar-refractivity contribution in [2.75, 3.05) is 6.61 Å². The van der Waals surface area contributed by atoms with Crippen molar-refractivity contribution in [3.63, 3.8) is 0 Å². The predicted molar refractivity (Wildman–Crippen MR) is 35.9 cm³/mol. The summed E-state index contributed by atoms with van der Waals surface area (Å²) < 4.78 is 63.6. The monoisotopic (exact) mass is 240 g/mol. The van der Waals surface area contributed by atoms with Gasteiger partial charge in [-0.3, -0.25) is 4.79 Å². The third-order valence-electron chi connectivity index (χ3n) is 0.348. The van der Waals surface area contributed by atoms with Crippen LogP contribution in [-0.4, -0.2) is 12.6 Å². The number of halogens is 6. The van der Waals surface area contributed by atoms with Crippen molar-refractivity contribution >= 4 is 13.8 Å². The molecule has 0 radical (unpaired) electrons. The first-order valence-electron chi connectivity index (χ1n) is 2.92. The quantitative estimate of drug-likeness (QED) is 0.295. The van der Waals surface area contributed by atoms with Gasteiger partial charge in [-0.1, -0.05) is 0 Å². The Labute approximate surface area is 88.4 Å². The molecule has 0 rings (SSSR count). The van der Waals surface area contributed by atoms with Gasteiger partial charge in [0, 0.05) is 6.92 Å². The van der Waals surface area contributed by atoms with Crippen molar-refractivity contribution in [2.24, 2.45) is 0 Å². The van der Waals surface area contributed by atoms with Gasteiger partial charge in [0.15, 0.2) is 0 Å². The minimum atomic E-state index is -10.7. The number of carbonyl (C=O) groups is 1. The van der Waals surface area contributed by atoms with Crippen LogP contribution in [0.5, 0.6) is 0 Å². The third kappa shape index (κ3) is 156. The Hall–Kier alpha value is 0.0774. The van der Waals surface area contributed by atoms with Crippen molar-refractivity contribution in [3.05, 3.63) is 0 Å². The maximum absolute atomic E-state index is 10.7. The molecule has 84 valence electrons. The molecule has 0 saturated heterocycles. The number of esters is 1. The molecule has 0 aromatic carbocycles. The fourth-order valence-corrected chi connectivity index (χ4v) is 0.203. The van der Waals surface area contributed by atoms with Gasteiger partial charge in [0.2, 0.25) is 0 Å². The van der Waals surface area contributed by atoms with Crippen molar-refractivity contribution in [1.82, 2.24) is 0 Å². The molecular formula is C4H8F6LiO2P. The first-order valence-corrected chi connectivity index (χ1v) is 4.95. The van der Waals surface area contributed by atoms with Crippen molar-refractivity contribution in [1.29, 1.82) is 0 Å².